The molecule has 0 unspecified atom stereocenters. The number of benzene rings is 2. The van der Waals surface area contributed by atoms with Crippen molar-refractivity contribution in [2.24, 2.45) is 5.92 Å². The standard InChI is InChI=1S/C25H31FN2O3/c1-25(2)14-22(21-11-10-20(30-3)13-23(21)31-25)27-24(29)18-5-4-12-28(16-18)15-17-6-8-19(26)9-7-17/h6-11,13,18,22H,4-5,12,14-16H2,1-3H3,(H,27,29)/t18-,22+/m1/s1. The molecule has 2 heterocycles. The van der Waals surface area contributed by atoms with Crippen LogP contribution in [0.3, 0.4) is 0 Å². The van der Waals surface area contributed by atoms with Crippen molar-refractivity contribution in [2.45, 2.75) is 51.3 Å². The van der Waals surface area contributed by atoms with E-state index in [1.807, 2.05) is 44.2 Å². The molecule has 0 aromatic heterocycles. The van der Waals surface area contributed by atoms with Crippen LogP contribution in [0.4, 0.5) is 4.39 Å². The molecule has 0 spiro atoms. The Labute approximate surface area is 183 Å². The highest BCUT2D eigenvalue weighted by atomic mass is 19.1. The third-order valence-electron chi connectivity index (χ3n) is 6.19. The van der Waals surface area contributed by atoms with Crippen LogP contribution in [0.15, 0.2) is 42.5 Å². The van der Waals surface area contributed by atoms with Crippen molar-refractivity contribution in [3.8, 4) is 11.5 Å². The molecule has 1 fully saturated rings. The largest absolute Gasteiger partial charge is 0.497 e. The number of methoxy groups -OCH3 is 1. The predicted octanol–water partition coefficient (Wildman–Crippen LogP) is 4.46. The normalized spacial score (nSPS) is 22.8. The molecular formula is C25H31FN2O3. The summed E-state index contributed by atoms with van der Waals surface area (Å²) in [5.74, 6) is 1.32. The summed E-state index contributed by atoms with van der Waals surface area (Å²) in [5.41, 5.74) is 1.68. The number of hydrogen-bond donors (Lipinski definition) is 1. The summed E-state index contributed by atoms with van der Waals surface area (Å²) in [7, 11) is 1.63. The first-order valence-corrected chi connectivity index (χ1v) is 11.0. The van der Waals surface area contributed by atoms with Crippen LogP contribution in [0.1, 0.15) is 50.3 Å². The maximum atomic E-state index is 13.2. The van der Waals surface area contributed by atoms with Gasteiger partial charge in [0, 0.05) is 31.1 Å². The molecule has 2 aliphatic rings. The molecule has 0 radical (unpaired) electrons. The summed E-state index contributed by atoms with van der Waals surface area (Å²) in [6.45, 7) is 6.48. The highest BCUT2D eigenvalue weighted by Crippen LogP contribution is 2.41. The van der Waals surface area contributed by atoms with Gasteiger partial charge < -0.3 is 14.8 Å². The summed E-state index contributed by atoms with van der Waals surface area (Å²) < 4.78 is 24.7. The molecule has 1 N–H and O–H groups in total. The van der Waals surface area contributed by atoms with Gasteiger partial charge in [0.05, 0.1) is 19.1 Å². The second kappa shape index (κ2) is 8.87. The maximum Gasteiger partial charge on any atom is 0.224 e. The number of fused-ring (bicyclic) bond motifs is 1. The minimum Gasteiger partial charge on any atom is -0.497 e. The van der Waals surface area contributed by atoms with Gasteiger partial charge in [0.15, 0.2) is 0 Å². The van der Waals surface area contributed by atoms with E-state index < -0.39 is 0 Å². The molecular weight excluding hydrogens is 395 g/mol. The molecule has 1 saturated heterocycles. The first kappa shape index (κ1) is 21.6. The number of likely N-dealkylation sites (tertiary alicyclic amines) is 1. The van der Waals surface area contributed by atoms with E-state index in [0.29, 0.717) is 13.0 Å². The zero-order valence-electron chi connectivity index (χ0n) is 18.5. The van der Waals surface area contributed by atoms with Gasteiger partial charge in [-0.2, -0.15) is 0 Å². The molecule has 2 aliphatic heterocycles. The van der Waals surface area contributed by atoms with E-state index in [9.17, 15) is 9.18 Å². The lowest BCUT2D eigenvalue weighted by Gasteiger charge is -2.39. The van der Waals surface area contributed by atoms with Crippen molar-refractivity contribution in [2.75, 3.05) is 20.2 Å². The highest BCUT2D eigenvalue weighted by Gasteiger charge is 2.36. The van der Waals surface area contributed by atoms with Crippen molar-refractivity contribution in [3.05, 3.63) is 59.4 Å². The van der Waals surface area contributed by atoms with Crippen LogP contribution in [0.2, 0.25) is 0 Å². The quantitative estimate of drug-likeness (QED) is 0.767. The van der Waals surface area contributed by atoms with E-state index in [1.165, 1.54) is 12.1 Å². The number of carbonyl (C=O) groups excluding carboxylic acids is 1. The number of rotatable bonds is 5. The van der Waals surface area contributed by atoms with Crippen molar-refractivity contribution < 1.29 is 18.7 Å². The third kappa shape index (κ3) is 5.18. The van der Waals surface area contributed by atoms with Crippen LogP contribution >= 0.6 is 0 Å². The average Bonchev–Trinajstić information content (AvgIpc) is 2.74. The Morgan fingerprint density at radius 1 is 1.26 bits per heavy atom. The second-order valence-electron chi connectivity index (χ2n) is 9.23. The molecule has 5 nitrogen and oxygen atoms in total. The van der Waals surface area contributed by atoms with Gasteiger partial charge in [-0.05, 0) is 63.1 Å². The number of nitrogens with one attached hydrogen (secondary N) is 1. The Balaban J connectivity index is 1.43. The second-order valence-corrected chi connectivity index (χ2v) is 9.23. The summed E-state index contributed by atoms with van der Waals surface area (Å²) in [5, 5.41) is 3.29. The van der Waals surface area contributed by atoms with Gasteiger partial charge in [-0.25, -0.2) is 4.39 Å². The van der Waals surface area contributed by atoms with E-state index in [4.69, 9.17) is 9.47 Å². The third-order valence-corrected chi connectivity index (χ3v) is 6.19. The summed E-state index contributed by atoms with van der Waals surface area (Å²) >= 11 is 0. The Morgan fingerprint density at radius 2 is 2.03 bits per heavy atom. The predicted molar refractivity (Wildman–Crippen MR) is 118 cm³/mol. The topological polar surface area (TPSA) is 50.8 Å². The number of halogens is 1. The zero-order valence-corrected chi connectivity index (χ0v) is 18.5. The van der Waals surface area contributed by atoms with Crippen molar-refractivity contribution in [1.82, 2.24) is 10.2 Å². The molecule has 2 aromatic carbocycles. The van der Waals surface area contributed by atoms with Gasteiger partial charge in [0.2, 0.25) is 5.91 Å². The van der Waals surface area contributed by atoms with Gasteiger partial charge in [-0.3, -0.25) is 9.69 Å². The van der Waals surface area contributed by atoms with Crippen LogP contribution in [0.5, 0.6) is 11.5 Å². The maximum absolute atomic E-state index is 13.2. The first-order valence-electron chi connectivity index (χ1n) is 11.0. The smallest absolute Gasteiger partial charge is 0.224 e. The summed E-state index contributed by atoms with van der Waals surface area (Å²) in [4.78, 5) is 15.5. The molecule has 6 heteroatoms. The number of nitrogens with zero attached hydrogens (tertiary/aromatic N) is 1. The highest BCUT2D eigenvalue weighted by molar-refractivity contribution is 5.79. The summed E-state index contributed by atoms with van der Waals surface area (Å²) in [6.07, 6.45) is 2.57. The number of hydrogen-bond acceptors (Lipinski definition) is 4. The minimum absolute atomic E-state index is 0.0538. The van der Waals surface area contributed by atoms with E-state index >= 15 is 0 Å². The van der Waals surface area contributed by atoms with Crippen LogP contribution in [-0.2, 0) is 11.3 Å². The Hall–Kier alpha value is -2.60. The minimum atomic E-state index is -0.376. The van der Waals surface area contributed by atoms with Gasteiger partial charge in [0.1, 0.15) is 22.9 Å². The van der Waals surface area contributed by atoms with Crippen LogP contribution in [0, 0.1) is 11.7 Å². The number of ether oxygens (including phenoxy) is 2. The lowest BCUT2D eigenvalue weighted by Crippen LogP contribution is -2.46. The number of amides is 1. The Bertz CT molecular complexity index is 929. The fourth-order valence-electron chi connectivity index (χ4n) is 4.64. The fraction of sp³-hybridized carbons (Fsp3) is 0.480. The van der Waals surface area contributed by atoms with Gasteiger partial charge in [0.25, 0.3) is 0 Å². The van der Waals surface area contributed by atoms with Crippen molar-refractivity contribution >= 4 is 5.91 Å². The van der Waals surface area contributed by atoms with Gasteiger partial charge in [-0.15, -0.1) is 0 Å². The van der Waals surface area contributed by atoms with Gasteiger partial charge in [-0.1, -0.05) is 12.1 Å². The van der Waals surface area contributed by atoms with E-state index in [-0.39, 0.29) is 29.3 Å². The SMILES string of the molecule is COc1ccc2c(c1)OC(C)(C)C[C@@H]2NC(=O)[C@@H]1CCCN(Cc2ccc(F)cc2)C1. The first-order chi connectivity index (χ1) is 14.8. The Kier molecular flexibility index (Phi) is 6.19. The fourth-order valence-corrected chi connectivity index (χ4v) is 4.64. The molecule has 4 rings (SSSR count). The lowest BCUT2D eigenvalue weighted by molar-refractivity contribution is -0.128. The molecule has 0 bridgehead atoms. The number of carbonyl (C=O) groups is 1. The van der Waals surface area contributed by atoms with E-state index in [0.717, 1.165) is 48.6 Å². The van der Waals surface area contributed by atoms with Crippen molar-refractivity contribution in [1.29, 1.82) is 0 Å². The monoisotopic (exact) mass is 426 g/mol. The van der Waals surface area contributed by atoms with Crippen LogP contribution in [0.25, 0.3) is 0 Å². The van der Waals surface area contributed by atoms with Crippen LogP contribution in [-0.4, -0.2) is 36.6 Å². The molecule has 2 aromatic rings. The Morgan fingerprint density at radius 3 is 2.77 bits per heavy atom. The lowest BCUT2D eigenvalue weighted by atomic mass is 9.88. The molecule has 166 valence electrons. The molecule has 2 atom stereocenters. The molecule has 0 aliphatic carbocycles. The van der Waals surface area contributed by atoms with Gasteiger partial charge >= 0.3 is 0 Å². The summed E-state index contributed by atoms with van der Waals surface area (Å²) in [6, 6.07) is 12.3. The average molecular weight is 427 g/mol. The molecule has 1 amide bonds. The number of piperidine rings is 1. The molecule has 0 saturated carbocycles. The van der Waals surface area contributed by atoms with E-state index in [1.54, 1.807) is 7.11 Å². The zero-order chi connectivity index (χ0) is 22.0. The van der Waals surface area contributed by atoms with E-state index in [2.05, 4.69) is 10.2 Å². The van der Waals surface area contributed by atoms with Crippen molar-refractivity contribution in [3.63, 3.8) is 0 Å². The van der Waals surface area contributed by atoms with Crippen LogP contribution < -0.4 is 14.8 Å². The molecule has 31 heavy (non-hydrogen) atoms.